The molecule has 22 heavy (non-hydrogen) atoms. The first-order chi connectivity index (χ1) is 10.6. The summed E-state index contributed by atoms with van der Waals surface area (Å²) in [5.74, 6) is -0.292. The molecule has 5 nitrogen and oxygen atoms in total. The number of hydrogen-bond donors (Lipinski definition) is 2. The third kappa shape index (κ3) is 4.49. The minimum atomic E-state index is -0.420. The molecule has 6 heteroatoms. The second-order valence-electron chi connectivity index (χ2n) is 4.48. The van der Waals surface area contributed by atoms with Crippen LogP contribution in [0.4, 0.5) is 11.4 Å². The summed E-state index contributed by atoms with van der Waals surface area (Å²) < 4.78 is 5.13. The second-order valence-corrected chi connectivity index (χ2v) is 4.92. The number of amides is 2. The Morgan fingerprint density at radius 3 is 2.32 bits per heavy atom. The molecule has 0 spiro atoms. The molecular formula is C16H15ClN2O3. The van der Waals surface area contributed by atoms with Gasteiger partial charge in [-0.15, -0.1) is 0 Å². The van der Waals surface area contributed by atoms with E-state index in [-0.39, 0.29) is 6.42 Å². The van der Waals surface area contributed by atoms with E-state index >= 15 is 0 Å². The van der Waals surface area contributed by atoms with Crippen LogP contribution in [0.3, 0.4) is 0 Å². The van der Waals surface area contributed by atoms with E-state index in [2.05, 4.69) is 10.6 Å². The molecule has 0 aliphatic heterocycles. The Morgan fingerprint density at radius 2 is 1.64 bits per heavy atom. The highest BCUT2D eigenvalue weighted by atomic mass is 35.5. The monoisotopic (exact) mass is 318 g/mol. The predicted octanol–water partition coefficient (Wildman–Crippen LogP) is 3.32. The van der Waals surface area contributed by atoms with Gasteiger partial charge in [-0.25, -0.2) is 0 Å². The predicted molar refractivity (Wildman–Crippen MR) is 86.3 cm³/mol. The summed E-state index contributed by atoms with van der Waals surface area (Å²) in [6, 6.07) is 13.6. The first-order valence-electron chi connectivity index (χ1n) is 6.57. The first-order valence-corrected chi connectivity index (χ1v) is 6.94. The molecule has 2 rings (SSSR count). The van der Waals surface area contributed by atoms with Gasteiger partial charge in [0, 0.05) is 10.7 Å². The summed E-state index contributed by atoms with van der Waals surface area (Å²) >= 11 is 5.76. The summed E-state index contributed by atoms with van der Waals surface area (Å²) in [6.07, 6.45) is -0.291. The van der Waals surface area contributed by atoms with Crippen molar-refractivity contribution >= 4 is 34.8 Å². The maximum Gasteiger partial charge on any atom is 0.233 e. The maximum absolute atomic E-state index is 11.9. The van der Waals surface area contributed by atoms with E-state index in [4.69, 9.17) is 16.3 Å². The van der Waals surface area contributed by atoms with Gasteiger partial charge in [0.2, 0.25) is 11.8 Å². The van der Waals surface area contributed by atoms with E-state index in [0.717, 1.165) is 0 Å². The highest BCUT2D eigenvalue weighted by Gasteiger charge is 2.12. The molecule has 0 bridgehead atoms. The van der Waals surface area contributed by atoms with Crippen molar-refractivity contribution in [3.8, 4) is 5.75 Å². The van der Waals surface area contributed by atoms with E-state index in [9.17, 15) is 9.59 Å². The van der Waals surface area contributed by atoms with Gasteiger partial charge in [0.05, 0.1) is 12.8 Å². The first kappa shape index (κ1) is 15.9. The number of ether oxygens (including phenoxy) is 1. The van der Waals surface area contributed by atoms with Crippen molar-refractivity contribution in [3.05, 3.63) is 53.6 Å². The lowest BCUT2D eigenvalue weighted by atomic mass is 10.2. The van der Waals surface area contributed by atoms with Crippen LogP contribution in [0.5, 0.6) is 5.75 Å². The Labute approximate surface area is 133 Å². The van der Waals surface area contributed by atoms with Crippen LogP contribution >= 0.6 is 11.6 Å². The van der Waals surface area contributed by atoms with Crippen LogP contribution in [-0.2, 0) is 9.59 Å². The third-order valence-corrected chi connectivity index (χ3v) is 3.08. The van der Waals surface area contributed by atoms with Crippen molar-refractivity contribution in [2.75, 3.05) is 17.7 Å². The van der Waals surface area contributed by atoms with Crippen LogP contribution in [0.2, 0.25) is 5.02 Å². The molecule has 0 aromatic heterocycles. The number of carbonyl (C=O) groups excluding carboxylic acids is 2. The molecule has 2 N–H and O–H groups in total. The van der Waals surface area contributed by atoms with Crippen LogP contribution in [0, 0.1) is 0 Å². The zero-order chi connectivity index (χ0) is 15.9. The number of hydrogen-bond acceptors (Lipinski definition) is 3. The van der Waals surface area contributed by atoms with Crippen LogP contribution in [0.1, 0.15) is 6.42 Å². The molecule has 0 unspecified atom stereocenters. The molecular weight excluding hydrogens is 304 g/mol. The lowest BCUT2D eigenvalue weighted by Crippen LogP contribution is -2.21. The van der Waals surface area contributed by atoms with Crippen molar-refractivity contribution in [2.24, 2.45) is 0 Å². The lowest BCUT2D eigenvalue weighted by molar-refractivity contribution is -0.123. The molecule has 0 aliphatic carbocycles. The average Bonchev–Trinajstić information content (AvgIpc) is 2.50. The Bertz CT molecular complexity index is 671. The average molecular weight is 319 g/mol. The van der Waals surface area contributed by atoms with Crippen molar-refractivity contribution < 1.29 is 14.3 Å². The molecule has 0 heterocycles. The number of methoxy groups -OCH3 is 1. The largest absolute Gasteiger partial charge is 0.495 e. The molecule has 0 atom stereocenters. The van der Waals surface area contributed by atoms with Gasteiger partial charge < -0.3 is 15.4 Å². The molecule has 0 fully saturated rings. The van der Waals surface area contributed by atoms with Crippen LogP contribution < -0.4 is 15.4 Å². The zero-order valence-electron chi connectivity index (χ0n) is 11.9. The fraction of sp³-hybridized carbons (Fsp3) is 0.125. The van der Waals surface area contributed by atoms with Crippen molar-refractivity contribution in [1.29, 1.82) is 0 Å². The van der Waals surface area contributed by atoms with Crippen molar-refractivity contribution in [1.82, 2.24) is 0 Å². The third-order valence-electron chi connectivity index (χ3n) is 2.83. The number of nitrogens with one attached hydrogen (secondary N) is 2. The molecule has 114 valence electrons. The van der Waals surface area contributed by atoms with E-state index in [1.807, 2.05) is 0 Å². The van der Waals surface area contributed by atoms with Crippen LogP contribution in [0.25, 0.3) is 0 Å². The van der Waals surface area contributed by atoms with Crippen LogP contribution in [-0.4, -0.2) is 18.9 Å². The fourth-order valence-corrected chi connectivity index (χ4v) is 1.95. The van der Waals surface area contributed by atoms with E-state index in [1.165, 1.54) is 7.11 Å². The molecule has 2 amide bonds. The quantitative estimate of drug-likeness (QED) is 0.831. The number of rotatable bonds is 5. The van der Waals surface area contributed by atoms with E-state index in [0.29, 0.717) is 22.1 Å². The SMILES string of the molecule is COc1ccccc1NC(=O)CC(=O)Nc1ccc(Cl)cc1. The summed E-state index contributed by atoms with van der Waals surface area (Å²) in [4.78, 5) is 23.7. The summed E-state index contributed by atoms with van der Waals surface area (Å²) in [6.45, 7) is 0. The standard InChI is InChI=1S/C16H15ClN2O3/c1-22-14-5-3-2-4-13(14)19-16(21)10-15(20)18-12-8-6-11(17)7-9-12/h2-9H,10H2,1H3,(H,18,20)(H,19,21). The molecule has 0 aliphatic rings. The van der Waals surface area contributed by atoms with Gasteiger partial charge in [-0.05, 0) is 36.4 Å². The van der Waals surface area contributed by atoms with Gasteiger partial charge in [0.25, 0.3) is 0 Å². The van der Waals surface area contributed by atoms with Gasteiger partial charge in [0.1, 0.15) is 12.2 Å². The molecule has 0 radical (unpaired) electrons. The summed E-state index contributed by atoms with van der Waals surface area (Å²) in [5.41, 5.74) is 1.11. The topological polar surface area (TPSA) is 67.4 Å². The number of para-hydroxylation sites is 2. The Morgan fingerprint density at radius 1 is 1.00 bits per heavy atom. The molecule has 2 aromatic rings. The van der Waals surface area contributed by atoms with Gasteiger partial charge in [-0.1, -0.05) is 23.7 Å². The maximum atomic E-state index is 11.9. The molecule has 2 aromatic carbocycles. The van der Waals surface area contributed by atoms with Gasteiger partial charge in [0.15, 0.2) is 0 Å². The molecule has 0 saturated carbocycles. The van der Waals surface area contributed by atoms with Crippen LogP contribution in [0.15, 0.2) is 48.5 Å². The number of anilines is 2. The lowest BCUT2D eigenvalue weighted by Gasteiger charge is -2.10. The van der Waals surface area contributed by atoms with Gasteiger partial charge in [-0.2, -0.15) is 0 Å². The Kier molecular flexibility index (Phi) is 5.38. The smallest absolute Gasteiger partial charge is 0.233 e. The Balaban J connectivity index is 1.91. The number of carbonyl (C=O) groups is 2. The summed E-state index contributed by atoms with van der Waals surface area (Å²) in [7, 11) is 1.51. The Hall–Kier alpha value is -2.53. The van der Waals surface area contributed by atoms with Crippen molar-refractivity contribution in [2.45, 2.75) is 6.42 Å². The highest BCUT2D eigenvalue weighted by Crippen LogP contribution is 2.23. The summed E-state index contributed by atoms with van der Waals surface area (Å²) in [5, 5.41) is 5.84. The number of benzene rings is 2. The highest BCUT2D eigenvalue weighted by molar-refractivity contribution is 6.30. The second kappa shape index (κ2) is 7.47. The molecule has 0 saturated heterocycles. The van der Waals surface area contributed by atoms with Gasteiger partial charge in [-0.3, -0.25) is 9.59 Å². The minimum Gasteiger partial charge on any atom is -0.495 e. The normalized spacial score (nSPS) is 9.91. The van der Waals surface area contributed by atoms with E-state index in [1.54, 1.807) is 48.5 Å². The minimum absolute atomic E-state index is 0.291. The van der Waals surface area contributed by atoms with Crippen molar-refractivity contribution in [3.63, 3.8) is 0 Å². The van der Waals surface area contributed by atoms with E-state index < -0.39 is 11.8 Å². The van der Waals surface area contributed by atoms with Gasteiger partial charge >= 0.3 is 0 Å². The zero-order valence-corrected chi connectivity index (χ0v) is 12.7. The number of halogens is 1. The fourth-order valence-electron chi connectivity index (χ4n) is 1.83.